The minimum Gasteiger partial charge on any atom is -0.748 e. The van der Waals surface area contributed by atoms with E-state index in [1.54, 1.807) is 0 Å². The van der Waals surface area contributed by atoms with Crippen molar-refractivity contribution in [3.63, 3.8) is 0 Å². The minimum absolute atomic E-state index is 0. The van der Waals surface area contributed by atoms with E-state index in [9.17, 15) is 17.8 Å². The minimum atomic E-state index is -4.17. The van der Waals surface area contributed by atoms with Crippen molar-refractivity contribution in [2.45, 2.75) is 6.42 Å². The SMILES string of the molecule is O=CCCS(=O)(=O)[O-].[Na+]. The van der Waals surface area contributed by atoms with Crippen LogP contribution in [0.25, 0.3) is 0 Å². The molecule has 0 saturated carbocycles. The topological polar surface area (TPSA) is 74.3 Å². The Labute approximate surface area is 75.7 Å². The largest absolute Gasteiger partial charge is 1.00 e. The van der Waals surface area contributed by atoms with Crippen LogP contribution in [0.5, 0.6) is 0 Å². The first-order chi connectivity index (χ1) is 3.56. The zero-order valence-corrected chi connectivity index (χ0v) is 7.85. The summed E-state index contributed by atoms with van der Waals surface area (Å²) in [7, 11) is -4.17. The molecule has 0 fully saturated rings. The number of hydrogen-bond acceptors (Lipinski definition) is 4. The molecule has 0 amide bonds. The van der Waals surface area contributed by atoms with Gasteiger partial charge in [0.15, 0.2) is 0 Å². The quantitative estimate of drug-likeness (QED) is 0.240. The molecule has 9 heavy (non-hydrogen) atoms. The van der Waals surface area contributed by atoms with E-state index in [-0.39, 0.29) is 36.0 Å². The third kappa shape index (κ3) is 11.9. The Bertz CT molecular complexity index is 161. The number of hydrogen-bond donors (Lipinski definition) is 0. The van der Waals surface area contributed by atoms with Gasteiger partial charge in [-0.15, -0.1) is 0 Å². The second kappa shape index (κ2) is 5.37. The number of carbonyl (C=O) groups excluding carboxylic acids is 1. The normalized spacial score (nSPS) is 9.89. The van der Waals surface area contributed by atoms with Gasteiger partial charge in [-0.25, -0.2) is 8.42 Å². The van der Waals surface area contributed by atoms with Gasteiger partial charge in [-0.3, -0.25) is 0 Å². The number of rotatable bonds is 3. The fourth-order valence-electron chi connectivity index (χ4n) is 0.192. The predicted molar refractivity (Wildman–Crippen MR) is 25.2 cm³/mol. The molecule has 0 radical (unpaired) electrons. The van der Waals surface area contributed by atoms with E-state index >= 15 is 0 Å². The van der Waals surface area contributed by atoms with Gasteiger partial charge in [0.1, 0.15) is 6.29 Å². The number of aldehydes is 1. The Morgan fingerprint density at radius 3 is 2.00 bits per heavy atom. The summed E-state index contributed by atoms with van der Waals surface area (Å²) in [5.74, 6) is -0.587. The average molecular weight is 160 g/mol. The van der Waals surface area contributed by atoms with Crippen molar-refractivity contribution in [3.8, 4) is 0 Å². The molecule has 0 rings (SSSR count). The first-order valence-electron chi connectivity index (χ1n) is 1.93. The summed E-state index contributed by atoms with van der Waals surface area (Å²) in [6.45, 7) is 0. The average Bonchev–Trinajstić information content (AvgIpc) is 1.59. The molecule has 0 aromatic rings. The van der Waals surface area contributed by atoms with Gasteiger partial charge in [0.2, 0.25) is 0 Å². The van der Waals surface area contributed by atoms with Gasteiger partial charge < -0.3 is 9.35 Å². The van der Waals surface area contributed by atoms with Crippen molar-refractivity contribution < 1.29 is 47.3 Å². The fraction of sp³-hybridized carbons (Fsp3) is 0.667. The molecule has 0 aromatic heterocycles. The second-order valence-electron chi connectivity index (χ2n) is 1.22. The summed E-state index contributed by atoms with van der Waals surface area (Å²) >= 11 is 0. The van der Waals surface area contributed by atoms with Gasteiger partial charge in [0, 0.05) is 12.2 Å². The maximum atomic E-state index is 9.68. The van der Waals surface area contributed by atoms with Crippen LogP contribution in [0.15, 0.2) is 0 Å². The third-order valence-electron chi connectivity index (χ3n) is 0.486. The Kier molecular flexibility index (Phi) is 7.33. The molecule has 0 atom stereocenters. The summed E-state index contributed by atoms with van der Waals surface area (Å²) in [4.78, 5) is 9.45. The summed E-state index contributed by atoms with van der Waals surface area (Å²) in [5, 5.41) is 0. The van der Waals surface area contributed by atoms with Crippen LogP contribution in [0.2, 0.25) is 0 Å². The summed E-state index contributed by atoms with van der Waals surface area (Å²) in [6.07, 6.45) is 0.196. The van der Waals surface area contributed by atoms with E-state index < -0.39 is 15.9 Å². The molecule has 0 N–H and O–H groups in total. The summed E-state index contributed by atoms with van der Waals surface area (Å²) in [5.41, 5.74) is 0. The molecule has 0 saturated heterocycles. The van der Waals surface area contributed by atoms with Gasteiger partial charge in [-0.2, -0.15) is 0 Å². The van der Waals surface area contributed by atoms with Crippen LogP contribution in [0.4, 0.5) is 0 Å². The Morgan fingerprint density at radius 2 is 1.89 bits per heavy atom. The van der Waals surface area contributed by atoms with Crippen LogP contribution in [0.3, 0.4) is 0 Å². The molecule has 0 aliphatic carbocycles. The smallest absolute Gasteiger partial charge is 0.748 e. The summed E-state index contributed by atoms with van der Waals surface area (Å²) in [6, 6.07) is 0. The second-order valence-corrected chi connectivity index (χ2v) is 2.74. The van der Waals surface area contributed by atoms with Crippen molar-refractivity contribution in [2.75, 3.05) is 5.75 Å². The molecule has 4 nitrogen and oxygen atoms in total. The standard InChI is InChI=1S/C3H6O4S.Na/c4-2-1-3-8(5,6)7;/h2H,1,3H2,(H,5,6,7);/q;+1/p-1. The Hall–Kier alpha value is 0.580. The molecule has 0 bridgehead atoms. The molecule has 0 aliphatic heterocycles. The van der Waals surface area contributed by atoms with Crippen LogP contribution >= 0.6 is 0 Å². The van der Waals surface area contributed by atoms with E-state index in [4.69, 9.17) is 0 Å². The zero-order valence-electron chi connectivity index (χ0n) is 5.03. The van der Waals surface area contributed by atoms with Crippen LogP contribution in [-0.2, 0) is 14.9 Å². The van der Waals surface area contributed by atoms with Crippen molar-refractivity contribution in [1.29, 1.82) is 0 Å². The molecule has 0 heterocycles. The first kappa shape index (κ1) is 12.3. The van der Waals surface area contributed by atoms with Crippen LogP contribution < -0.4 is 29.6 Å². The predicted octanol–water partition coefficient (Wildman–Crippen LogP) is -3.88. The van der Waals surface area contributed by atoms with Crippen LogP contribution in [0.1, 0.15) is 6.42 Å². The molecule has 48 valence electrons. The van der Waals surface area contributed by atoms with E-state index in [1.165, 1.54) is 0 Å². The van der Waals surface area contributed by atoms with E-state index in [1.807, 2.05) is 0 Å². The van der Waals surface area contributed by atoms with Gasteiger partial charge in [0.05, 0.1) is 10.1 Å². The molecule has 0 unspecified atom stereocenters. The summed E-state index contributed by atoms with van der Waals surface area (Å²) < 4.78 is 29.0. The maximum absolute atomic E-state index is 9.68. The third-order valence-corrected chi connectivity index (χ3v) is 1.22. The molecular weight excluding hydrogens is 155 g/mol. The number of carbonyl (C=O) groups is 1. The molecule has 0 aliphatic rings. The van der Waals surface area contributed by atoms with E-state index in [0.29, 0.717) is 6.29 Å². The fourth-order valence-corrected chi connectivity index (χ4v) is 0.577. The van der Waals surface area contributed by atoms with Gasteiger partial charge in [0.25, 0.3) is 0 Å². The van der Waals surface area contributed by atoms with Gasteiger partial charge >= 0.3 is 29.6 Å². The van der Waals surface area contributed by atoms with E-state index in [2.05, 4.69) is 0 Å². The molecule has 6 heteroatoms. The van der Waals surface area contributed by atoms with Gasteiger partial charge in [-0.1, -0.05) is 0 Å². The zero-order chi connectivity index (χ0) is 6.62. The Balaban J connectivity index is 0. The van der Waals surface area contributed by atoms with Gasteiger partial charge in [-0.05, 0) is 0 Å². The Morgan fingerprint density at radius 1 is 1.44 bits per heavy atom. The molecule has 0 aromatic carbocycles. The van der Waals surface area contributed by atoms with Crippen LogP contribution in [0, 0.1) is 0 Å². The van der Waals surface area contributed by atoms with E-state index in [0.717, 1.165) is 0 Å². The van der Waals surface area contributed by atoms with Crippen molar-refractivity contribution >= 4 is 16.4 Å². The van der Waals surface area contributed by atoms with Crippen LogP contribution in [-0.4, -0.2) is 25.0 Å². The van der Waals surface area contributed by atoms with Crippen molar-refractivity contribution in [3.05, 3.63) is 0 Å². The molecular formula is C3H5NaO4S. The maximum Gasteiger partial charge on any atom is 1.00 e. The molecule has 0 spiro atoms. The van der Waals surface area contributed by atoms with Crippen molar-refractivity contribution in [2.24, 2.45) is 0 Å². The monoisotopic (exact) mass is 160 g/mol. The van der Waals surface area contributed by atoms with Crippen molar-refractivity contribution in [1.82, 2.24) is 0 Å². The first-order valence-corrected chi connectivity index (χ1v) is 3.51.